The van der Waals surface area contributed by atoms with Gasteiger partial charge in [0, 0.05) is 7.11 Å². The van der Waals surface area contributed by atoms with E-state index in [1.165, 1.54) is 11.4 Å². The van der Waals surface area contributed by atoms with Crippen LogP contribution in [0.3, 0.4) is 0 Å². The highest BCUT2D eigenvalue weighted by molar-refractivity contribution is 7.89. The summed E-state index contributed by atoms with van der Waals surface area (Å²) in [7, 11) is -2.23. The van der Waals surface area contributed by atoms with E-state index in [-0.39, 0.29) is 4.90 Å². The first-order chi connectivity index (χ1) is 8.39. The highest BCUT2D eigenvalue weighted by atomic mass is 32.2. The van der Waals surface area contributed by atoms with Crippen LogP contribution < -0.4 is 0 Å². The molecule has 100 valence electrons. The summed E-state index contributed by atoms with van der Waals surface area (Å²) in [6, 6.07) is 6.15. The SMILES string of the molecule is CO[C@H]1[C@H](O)[C@@H](C)N1S(=O)(=O)c1ccc(C)cc1. The summed E-state index contributed by atoms with van der Waals surface area (Å²) in [5.74, 6) is 0. The molecule has 1 N–H and O–H groups in total. The quantitative estimate of drug-likeness (QED) is 0.879. The van der Waals surface area contributed by atoms with E-state index in [0.717, 1.165) is 5.56 Å². The molecule has 0 aliphatic carbocycles. The third kappa shape index (κ3) is 1.95. The number of aliphatic hydroxyl groups is 1. The minimum absolute atomic E-state index is 0.217. The number of hydrogen-bond donors (Lipinski definition) is 1. The minimum atomic E-state index is -3.61. The fraction of sp³-hybridized carbons (Fsp3) is 0.500. The van der Waals surface area contributed by atoms with E-state index in [1.807, 2.05) is 6.92 Å². The third-order valence-corrected chi connectivity index (χ3v) is 5.24. The average molecular weight is 271 g/mol. The maximum Gasteiger partial charge on any atom is 0.245 e. The lowest BCUT2D eigenvalue weighted by molar-refractivity contribution is -0.178. The van der Waals surface area contributed by atoms with Crippen molar-refractivity contribution in [3.8, 4) is 0 Å². The molecule has 18 heavy (non-hydrogen) atoms. The Morgan fingerprint density at radius 3 is 2.33 bits per heavy atom. The molecule has 1 aromatic rings. The number of hydrogen-bond acceptors (Lipinski definition) is 4. The number of nitrogens with zero attached hydrogens (tertiary/aromatic N) is 1. The molecule has 0 amide bonds. The first kappa shape index (κ1) is 13.5. The molecule has 0 bridgehead atoms. The van der Waals surface area contributed by atoms with Crippen molar-refractivity contribution in [1.82, 2.24) is 4.31 Å². The van der Waals surface area contributed by atoms with Crippen LogP contribution in [0.5, 0.6) is 0 Å². The molecule has 0 spiro atoms. The zero-order chi connectivity index (χ0) is 13.5. The van der Waals surface area contributed by atoms with E-state index in [2.05, 4.69) is 0 Å². The third-order valence-electron chi connectivity index (χ3n) is 3.28. The van der Waals surface area contributed by atoms with Crippen molar-refractivity contribution in [3.63, 3.8) is 0 Å². The summed E-state index contributed by atoms with van der Waals surface area (Å²) in [5, 5.41) is 9.67. The number of methoxy groups -OCH3 is 1. The van der Waals surface area contributed by atoms with Gasteiger partial charge in [-0.1, -0.05) is 17.7 Å². The van der Waals surface area contributed by atoms with Gasteiger partial charge in [0.05, 0.1) is 10.9 Å². The summed E-state index contributed by atoms with van der Waals surface area (Å²) in [6.07, 6.45) is -1.58. The monoisotopic (exact) mass is 271 g/mol. The van der Waals surface area contributed by atoms with E-state index in [4.69, 9.17) is 4.74 Å². The Bertz CT molecular complexity index is 526. The van der Waals surface area contributed by atoms with Crippen LogP contribution in [0.15, 0.2) is 29.2 Å². The Morgan fingerprint density at radius 1 is 1.28 bits per heavy atom. The molecule has 6 heteroatoms. The molecule has 0 unspecified atom stereocenters. The molecule has 0 aromatic heterocycles. The van der Waals surface area contributed by atoms with Crippen molar-refractivity contribution < 1.29 is 18.3 Å². The standard InChI is InChI=1S/C12H17NO4S/c1-8-4-6-10(7-5-8)18(15,16)13-9(2)11(14)12(13)17-3/h4-7,9,11-12,14H,1-3H3/t9-,11-,12+/m1/s1. The van der Waals surface area contributed by atoms with Gasteiger partial charge >= 0.3 is 0 Å². The fourth-order valence-electron chi connectivity index (χ4n) is 2.10. The molecule has 0 saturated carbocycles. The lowest BCUT2D eigenvalue weighted by Crippen LogP contribution is -2.68. The van der Waals surface area contributed by atoms with Gasteiger partial charge in [0.1, 0.15) is 6.10 Å². The highest BCUT2D eigenvalue weighted by Gasteiger charge is 2.52. The van der Waals surface area contributed by atoms with Crippen molar-refractivity contribution >= 4 is 10.0 Å². The molecule has 1 aromatic carbocycles. The van der Waals surface area contributed by atoms with Gasteiger partial charge in [-0.25, -0.2) is 8.42 Å². The molecule has 1 saturated heterocycles. The number of ether oxygens (including phenoxy) is 1. The van der Waals surface area contributed by atoms with Gasteiger partial charge in [0.2, 0.25) is 10.0 Å². The largest absolute Gasteiger partial charge is 0.387 e. The molecule has 1 aliphatic rings. The van der Waals surface area contributed by atoms with Gasteiger partial charge in [0.15, 0.2) is 6.23 Å². The van der Waals surface area contributed by atoms with Crippen LogP contribution in [0, 0.1) is 6.92 Å². The Morgan fingerprint density at radius 2 is 1.83 bits per heavy atom. The molecule has 3 atom stereocenters. The Balaban J connectivity index is 2.35. The highest BCUT2D eigenvalue weighted by Crippen LogP contribution is 2.33. The first-order valence-corrected chi connectivity index (χ1v) is 7.14. The molecule has 1 aliphatic heterocycles. The van der Waals surface area contributed by atoms with E-state index in [1.54, 1.807) is 31.2 Å². The summed E-state index contributed by atoms with van der Waals surface area (Å²) in [6.45, 7) is 3.55. The molecule has 2 rings (SSSR count). The van der Waals surface area contributed by atoms with Crippen LogP contribution in [0.4, 0.5) is 0 Å². The van der Waals surface area contributed by atoms with Gasteiger partial charge in [0.25, 0.3) is 0 Å². The summed E-state index contributed by atoms with van der Waals surface area (Å²) in [5.41, 5.74) is 0.994. The lowest BCUT2D eigenvalue weighted by Gasteiger charge is -2.48. The molecule has 0 radical (unpaired) electrons. The second-order valence-electron chi connectivity index (χ2n) is 4.51. The van der Waals surface area contributed by atoms with E-state index < -0.39 is 28.4 Å². The van der Waals surface area contributed by atoms with Crippen LogP contribution in [-0.4, -0.2) is 43.3 Å². The van der Waals surface area contributed by atoms with E-state index in [9.17, 15) is 13.5 Å². The van der Waals surface area contributed by atoms with Crippen LogP contribution in [-0.2, 0) is 14.8 Å². The van der Waals surface area contributed by atoms with Gasteiger partial charge in [-0.3, -0.25) is 0 Å². The molecule has 1 heterocycles. The van der Waals surface area contributed by atoms with E-state index in [0.29, 0.717) is 0 Å². The van der Waals surface area contributed by atoms with Gasteiger partial charge < -0.3 is 9.84 Å². The van der Waals surface area contributed by atoms with Crippen molar-refractivity contribution in [1.29, 1.82) is 0 Å². The molecule has 1 fully saturated rings. The number of rotatable bonds is 3. The van der Waals surface area contributed by atoms with Crippen molar-refractivity contribution in [2.45, 2.75) is 37.1 Å². The number of sulfonamides is 1. The first-order valence-electron chi connectivity index (χ1n) is 5.70. The van der Waals surface area contributed by atoms with Crippen LogP contribution in [0.2, 0.25) is 0 Å². The average Bonchev–Trinajstić information content (AvgIpc) is 2.34. The maximum atomic E-state index is 12.4. The Hall–Kier alpha value is -0.950. The number of aryl methyl sites for hydroxylation is 1. The Labute approximate surface area is 107 Å². The predicted octanol–water partition coefficient (Wildman–Crippen LogP) is 0.721. The smallest absolute Gasteiger partial charge is 0.245 e. The molecular formula is C12H17NO4S. The van der Waals surface area contributed by atoms with Crippen molar-refractivity contribution in [3.05, 3.63) is 29.8 Å². The van der Waals surface area contributed by atoms with Gasteiger partial charge in [-0.05, 0) is 26.0 Å². The summed E-state index contributed by atoms with van der Waals surface area (Å²) >= 11 is 0. The fourth-order valence-corrected chi connectivity index (χ4v) is 3.87. The molecule has 5 nitrogen and oxygen atoms in total. The molecular weight excluding hydrogens is 254 g/mol. The topological polar surface area (TPSA) is 66.8 Å². The number of aliphatic hydroxyl groups excluding tert-OH is 1. The van der Waals surface area contributed by atoms with Crippen LogP contribution in [0.25, 0.3) is 0 Å². The van der Waals surface area contributed by atoms with Crippen molar-refractivity contribution in [2.75, 3.05) is 7.11 Å². The van der Waals surface area contributed by atoms with Gasteiger partial charge in [-0.15, -0.1) is 0 Å². The van der Waals surface area contributed by atoms with Crippen molar-refractivity contribution in [2.24, 2.45) is 0 Å². The lowest BCUT2D eigenvalue weighted by atomic mass is 10.0. The zero-order valence-corrected chi connectivity index (χ0v) is 11.4. The Kier molecular flexibility index (Phi) is 3.46. The second kappa shape index (κ2) is 4.62. The normalized spacial score (nSPS) is 29.0. The minimum Gasteiger partial charge on any atom is -0.387 e. The van der Waals surface area contributed by atoms with Crippen LogP contribution in [0.1, 0.15) is 12.5 Å². The number of benzene rings is 1. The predicted molar refractivity (Wildman–Crippen MR) is 66.5 cm³/mol. The van der Waals surface area contributed by atoms with Gasteiger partial charge in [-0.2, -0.15) is 4.31 Å². The summed E-state index contributed by atoms with van der Waals surface area (Å²) < 4.78 is 31.0. The zero-order valence-electron chi connectivity index (χ0n) is 10.6. The second-order valence-corrected chi connectivity index (χ2v) is 6.35. The summed E-state index contributed by atoms with van der Waals surface area (Å²) in [4.78, 5) is 0.217. The maximum absolute atomic E-state index is 12.4. The van der Waals surface area contributed by atoms with E-state index >= 15 is 0 Å². The van der Waals surface area contributed by atoms with Crippen LogP contribution >= 0.6 is 0 Å².